The smallest absolute Gasteiger partial charge is 0.407 e. The minimum atomic E-state index is -0.363. The fraction of sp³-hybridized carbons (Fsp3) is 0.590. The van der Waals surface area contributed by atoms with Gasteiger partial charge in [-0.05, 0) is 112 Å². The summed E-state index contributed by atoms with van der Waals surface area (Å²) in [7, 11) is 1.71. The van der Waals surface area contributed by atoms with E-state index < -0.39 is 0 Å². The zero-order valence-electron chi connectivity index (χ0n) is 29.5. The molecule has 0 bridgehead atoms. The van der Waals surface area contributed by atoms with E-state index in [1.165, 1.54) is 5.56 Å². The molecule has 2 saturated carbocycles. The predicted molar refractivity (Wildman–Crippen MR) is 188 cm³/mol. The van der Waals surface area contributed by atoms with Gasteiger partial charge in [-0.1, -0.05) is 26.0 Å². The monoisotopic (exact) mass is 672 g/mol. The molecule has 264 valence electrons. The lowest BCUT2D eigenvalue weighted by Gasteiger charge is -2.36. The maximum atomic E-state index is 14.4. The van der Waals surface area contributed by atoms with Crippen molar-refractivity contribution < 1.29 is 28.2 Å². The van der Waals surface area contributed by atoms with E-state index in [1.54, 1.807) is 19.6 Å². The molecule has 2 aromatic heterocycles. The minimum Gasteiger partial charge on any atom is -0.496 e. The molecule has 3 heterocycles. The van der Waals surface area contributed by atoms with Crippen LogP contribution in [0, 0.1) is 18.8 Å². The van der Waals surface area contributed by atoms with Crippen LogP contribution in [0.25, 0.3) is 11.3 Å². The van der Waals surface area contributed by atoms with Gasteiger partial charge in [0.05, 0.1) is 7.11 Å². The van der Waals surface area contributed by atoms with E-state index in [9.17, 15) is 9.59 Å². The van der Waals surface area contributed by atoms with Crippen molar-refractivity contribution in [2.45, 2.75) is 109 Å². The minimum absolute atomic E-state index is 0.0978. The number of ether oxygens (including phenoxy) is 3. The average molecular weight is 673 g/mol. The number of nitrogens with one attached hydrogen (secondary N) is 1. The Hall–Kier alpha value is -3.92. The van der Waals surface area contributed by atoms with Crippen LogP contribution in [0.2, 0.25) is 0 Å². The summed E-state index contributed by atoms with van der Waals surface area (Å²) in [6, 6.07) is 10.5. The van der Waals surface area contributed by atoms with Crippen LogP contribution in [0.15, 0.2) is 47.2 Å². The molecule has 2 amide bonds. The third-order valence-electron chi connectivity index (χ3n) is 10.6. The quantitative estimate of drug-likeness (QED) is 0.231. The van der Waals surface area contributed by atoms with Crippen molar-refractivity contribution in [3.63, 3.8) is 0 Å². The molecular formula is C39H52N4O6. The Bertz CT molecular complexity index is 1550. The summed E-state index contributed by atoms with van der Waals surface area (Å²) in [5.74, 6) is 3.27. The number of aromatic nitrogens is 2. The number of rotatable bonds is 10. The normalized spacial score (nSPS) is 23.2. The van der Waals surface area contributed by atoms with Crippen LogP contribution in [-0.2, 0) is 14.3 Å². The number of hydrogen-bond acceptors (Lipinski definition) is 8. The number of carbonyl (C=O) groups is 2. The highest BCUT2D eigenvalue weighted by Crippen LogP contribution is 2.39. The Morgan fingerprint density at radius 2 is 1.73 bits per heavy atom. The van der Waals surface area contributed by atoms with Crippen molar-refractivity contribution >= 4 is 17.8 Å². The van der Waals surface area contributed by atoms with Crippen LogP contribution in [0.1, 0.15) is 107 Å². The summed E-state index contributed by atoms with van der Waals surface area (Å²) in [5.41, 5.74) is 4.15. The summed E-state index contributed by atoms with van der Waals surface area (Å²) in [5, 5.41) is 2.99. The molecule has 0 spiro atoms. The summed E-state index contributed by atoms with van der Waals surface area (Å²) < 4.78 is 22.4. The number of aryl methyl sites for hydroxylation is 1. The topological polar surface area (TPSA) is 116 Å². The Kier molecular flexibility index (Phi) is 11.5. The van der Waals surface area contributed by atoms with E-state index >= 15 is 0 Å². The Balaban J connectivity index is 1.13. The average Bonchev–Trinajstić information content (AvgIpc) is 3.63. The van der Waals surface area contributed by atoms with Gasteiger partial charge >= 0.3 is 6.09 Å². The molecule has 10 nitrogen and oxygen atoms in total. The maximum Gasteiger partial charge on any atom is 0.407 e. The fourth-order valence-electron chi connectivity index (χ4n) is 7.64. The van der Waals surface area contributed by atoms with E-state index in [4.69, 9.17) is 28.6 Å². The number of methoxy groups -OCH3 is 1. The van der Waals surface area contributed by atoms with Crippen molar-refractivity contribution in [1.29, 1.82) is 0 Å². The van der Waals surface area contributed by atoms with Gasteiger partial charge in [0, 0.05) is 49.4 Å². The van der Waals surface area contributed by atoms with Gasteiger partial charge in [0.25, 0.3) is 0 Å². The fourth-order valence-corrected chi connectivity index (χ4v) is 7.64. The summed E-state index contributed by atoms with van der Waals surface area (Å²) in [6.07, 6.45) is 11.5. The van der Waals surface area contributed by atoms with Crippen molar-refractivity contribution in [1.82, 2.24) is 15.3 Å². The van der Waals surface area contributed by atoms with Gasteiger partial charge in [-0.3, -0.25) is 9.69 Å². The first-order valence-electron chi connectivity index (χ1n) is 18.2. The molecule has 1 N–H and O–H groups in total. The number of pyridine rings is 1. The Morgan fingerprint density at radius 1 is 0.980 bits per heavy atom. The van der Waals surface area contributed by atoms with E-state index in [-0.39, 0.29) is 36.0 Å². The number of amides is 2. The number of oxazole rings is 1. The first-order valence-corrected chi connectivity index (χ1v) is 18.2. The first kappa shape index (κ1) is 34.9. The molecule has 1 aliphatic heterocycles. The number of anilines is 1. The van der Waals surface area contributed by atoms with E-state index in [0.29, 0.717) is 69.0 Å². The molecule has 3 aliphatic rings. The van der Waals surface area contributed by atoms with E-state index in [2.05, 4.69) is 44.3 Å². The number of carbonyl (C=O) groups excluding carboxylic acids is 2. The molecule has 1 saturated heterocycles. The number of alkyl carbamates (subject to hydrolysis) is 1. The molecule has 0 atom stereocenters. The molecule has 2 aliphatic carbocycles. The number of nitrogens with zero attached hydrogens (tertiary/aromatic N) is 3. The highest BCUT2D eigenvalue weighted by atomic mass is 16.6. The van der Waals surface area contributed by atoms with Gasteiger partial charge in [-0.2, -0.15) is 0 Å². The van der Waals surface area contributed by atoms with E-state index in [1.807, 2.05) is 17.0 Å². The van der Waals surface area contributed by atoms with Crippen molar-refractivity contribution in [3.8, 4) is 17.0 Å². The van der Waals surface area contributed by atoms with Gasteiger partial charge in [-0.15, -0.1) is 0 Å². The number of benzene rings is 1. The van der Waals surface area contributed by atoms with Gasteiger partial charge in [0.2, 0.25) is 5.91 Å². The van der Waals surface area contributed by atoms with Crippen LogP contribution in [0.4, 0.5) is 10.6 Å². The largest absolute Gasteiger partial charge is 0.496 e. The van der Waals surface area contributed by atoms with Crippen molar-refractivity contribution in [2.24, 2.45) is 11.8 Å². The summed E-state index contributed by atoms with van der Waals surface area (Å²) >= 11 is 0. The van der Waals surface area contributed by atoms with Crippen molar-refractivity contribution in [3.05, 3.63) is 59.8 Å². The second-order valence-electron chi connectivity index (χ2n) is 14.4. The third kappa shape index (κ3) is 8.82. The lowest BCUT2D eigenvalue weighted by atomic mass is 9.78. The molecule has 1 aromatic carbocycles. The highest BCUT2D eigenvalue weighted by molar-refractivity contribution is 5.94. The molecule has 0 unspecified atom stereocenters. The maximum absolute atomic E-state index is 14.4. The third-order valence-corrected chi connectivity index (χ3v) is 10.6. The first-order chi connectivity index (χ1) is 23.8. The molecule has 49 heavy (non-hydrogen) atoms. The molecule has 0 radical (unpaired) electrons. The lowest BCUT2D eigenvalue weighted by Crippen LogP contribution is -2.43. The zero-order valence-corrected chi connectivity index (χ0v) is 29.5. The van der Waals surface area contributed by atoms with Gasteiger partial charge in [-0.25, -0.2) is 14.8 Å². The van der Waals surface area contributed by atoms with Crippen molar-refractivity contribution in [2.75, 3.05) is 31.8 Å². The standard InChI is InChI=1S/C39H52N4O6/c1-25(2)37-42-34(24-48-37)31-15-18-40-36(22-31)43(23-27-5-7-28(8-6-27)30-11-14-35(46-4)26(3)21-30)38(44)29-9-12-33(13-10-29)49-39(45)41-32-16-19-47-20-17-32/h11,14-15,18,21-22,24-25,27-29,32-33H,5-10,12-13,16-17,19-20,23H2,1-4H3,(H,41,45). The van der Waals surface area contributed by atoms with Crippen LogP contribution in [-0.4, -0.2) is 61.0 Å². The molecule has 3 fully saturated rings. The summed E-state index contributed by atoms with van der Waals surface area (Å²) in [6.45, 7) is 8.15. The van der Waals surface area contributed by atoms with Gasteiger partial charge in [0.15, 0.2) is 5.89 Å². The van der Waals surface area contributed by atoms with Crippen LogP contribution < -0.4 is 15.0 Å². The van der Waals surface area contributed by atoms with Gasteiger partial charge < -0.3 is 23.9 Å². The number of hydrogen-bond donors (Lipinski definition) is 1. The zero-order chi connectivity index (χ0) is 34.3. The van der Waals surface area contributed by atoms with Crippen LogP contribution in [0.3, 0.4) is 0 Å². The molecule has 6 rings (SSSR count). The Labute approximate surface area is 290 Å². The molecule has 10 heteroatoms. The second kappa shape index (κ2) is 16.2. The van der Waals surface area contributed by atoms with Crippen LogP contribution in [0.5, 0.6) is 5.75 Å². The Morgan fingerprint density at radius 3 is 2.41 bits per heavy atom. The highest BCUT2D eigenvalue weighted by Gasteiger charge is 2.34. The van der Waals surface area contributed by atoms with Gasteiger partial charge in [0.1, 0.15) is 29.6 Å². The van der Waals surface area contributed by atoms with E-state index in [0.717, 1.165) is 61.1 Å². The molecular weight excluding hydrogens is 620 g/mol. The van der Waals surface area contributed by atoms with Crippen LogP contribution >= 0.6 is 0 Å². The second-order valence-corrected chi connectivity index (χ2v) is 14.4. The lowest BCUT2D eigenvalue weighted by molar-refractivity contribution is -0.124. The predicted octanol–water partition coefficient (Wildman–Crippen LogP) is 7.95. The molecule has 3 aromatic rings. The summed E-state index contributed by atoms with van der Waals surface area (Å²) in [4.78, 5) is 38.3. The SMILES string of the molecule is COc1ccc(C2CCC(CN(C(=O)C3CCC(OC(=O)NC4CCOCC4)CC3)c3cc(-c4coc(C(C)C)n4)ccn3)CC2)cc1C.